The van der Waals surface area contributed by atoms with Crippen LogP contribution in [0.4, 0.5) is 11.6 Å². The van der Waals surface area contributed by atoms with Crippen LogP contribution >= 0.6 is 0 Å². The average molecular weight is 483 g/mol. The second-order valence-electron chi connectivity index (χ2n) is 8.75. The van der Waals surface area contributed by atoms with Gasteiger partial charge in [0, 0.05) is 5.69 Å². The molecule has 4 aromatic rings. The highest BCUT2D eigenvalue weighted by Gasteiger charge is 2.40. The second-order valence-corrected chi connectivity index (χ2v) is 8.75. The van der Waals surface area contributed by atoms with Crippen LogP contribution in [0.5, 0.6) is 0 Å². The van der Waals surface area contributed by atoms with Crippen LogP contribution in [0.2, 0.25) is 0 Å². The number of anilines is 2. The van der Waals surface area contributed by atoms with Crippen LogP contribution in [0, 0.1) is 6.92 Å². The molecule has 0 saturated heterocycles. The fourth-order valence-corrected chi connectivity index (χ4v) is 4.53. The molecule has 1 aliphatic heterocycles. The Kier molecular flexibility index (Phi) is 6.25. The molecule has 3 aromatic carbocycles. The normalized spacial score (nSPS) is 14.7. The molecule has 0 bridgehead atoms. The molecule has 0 saturated carbocycles. The lowest BCUT2D eigenvalue weighted by Gasteiger charge is -2.16. The lowest BCUT2D eigenvalue weighted by molar-refractivity contribution is -0.124. The first-order valence-electron chi connectivity index (χ1n) is 11.9. The van der Waals surface area contributed by atoms with Crippen molar-refractivity contribution in [3.05, 3.63) is 89.5 Å². The van der Waals surface area contributed by atoms with Crippen LogP contribution in [0.3, 0.4) is 0 Å². The van der Waals surface area contributed by atoms with Crippen LogP contribution in [-0.4, -0.2) is 33.9 Å². The topological polar surface area (TPSA) is 93.5 Å². The van der Waals surface area contributed by atoms with E-state index in [2.05, 4.69) is 5.32 Å². The molecule has 0 unspecified atom stereocenters. The number of aryl methyl sites for hydroxylation is 1. The minimum absolute atomic E-state index is 0.0455. The monoisotopic (exact) mass is 482 g/mol. The molecular weight excluding hydrogens is 456 g/mol. The van der Waals surface area contributed by atoms with Gasteiger partial charge in [-0.1, -0.05) is 42.0 Å². The Labute approximate surface area is 208 Å². The predicted molar refractivity (Wildman–Crippen MR) is 137 cm³/mol. The number of carbonyl (C=O) groups excluding carboxylic acids is 3. The standard InChI is InChI=1S/C28H26N4O4/c1-3-36-27(35)20-11-13-21(14-12-20)29-25(33)16-24-26(34)31(17-19-8-6-7-18(2)15-19)28-30-22-9-4-5-10-23(22)32(24)28/h4-15,24H,3,16-17H2,1-2H3,(H,29,33)/t24-/m0/s1. The van der Waals surface area contributed by atoms with Gasteiger partial charge in [0.15, 0.2) is 0 Å². The Morgan fingerprint density at radius 2 is 1.81 bits per heavy atom. The van der Waals surface area contributed by atoms with Crippen LogP contribution in [0.15, 0.2) is 72.8 Å². The first-order chi connectivity index (χ1) is 17.4. The van der Waals surface area contributed by atoms with Crippen molar-refractivity contribution in [1.29, 1.82) is 0 Å². The smallest absolute Gasteiger partial charge is 0.338 e. The third kappa shape index (κ3) is 4.45. The number of aromatic nitrogens is 2. The van der Waals surface area contributed by atoms with Gasteiger partial charge in [-0.3, -0.25) is 19.1 Å². The molecule has 5 rings (SSSR count). The van der Waals surface area contributed by atoms with E-state index in [1.807, 2.05) is 60.0 Å². The number of nitrogens with zero attached hydrogens (tertiary/aromatic N) is 3. The third-order valence-corrected chi connectivity index (χ3v) is 6.16. The summed E-state index contributed by atoms with van der Waals surface area (Å²) >= 11 is 0. The number of para-hydroxylation sites is 2. The van der Waals surface area contributed by atoms with Gasteiger partial charge >= 0.3 is 5.97 Å². The Bertz CT molecular complexity index is 1460. The summed E-state index contributed by atoms with van der Waals surface area (Å²) in [5, 5.41) is 2.84. The van der Waals surface area contributed by atoms with Gasteiger partial charge in [-0.2, -0.15) is 0 Å². The lowest BCUT2D eigenvalue weighted by Crippen LogP contribution is -2.31. The average Bonchev–Trinajstić information content (AvgIpc) is 3.35. The van der Waals surface area contributed by atoms with E-state index in [0.29, 0.717) is 30.4 Å². The Morgan fingerprint density at radius 3 is 2.56 bits per heavy atom. The number of rotatable bonds is 7. The van der Waals surface area contributed by atoms with Gasteiger partial charge < -0.3 is 10.1 Å². The van der Waals surface area contributed by atoms with E-state index in [4.69, 9.17) is 9.72 Å². The van der Waals surface area contributed by atoms with Crippen molar-refractivity contribution in [3.8, 4) is 0 Å². The van der Waals surface area contributed by atoms with Crippen molar-refractivity contribution in [2.24, 2.45) is 0 Å². The van der Waals surface area contributed by atoms with Crippen LogP contribution in [0.1, 0.15) is 40.9 Å². The molecule has 182 valence electrons. The van der Waals surface area contributed by atoms with Crippen molar-refractivity contribution in [2.75, 3.05) is 16.8 Å². The first-order valence-corrected chi connectivity index (χ1v) is 11.9. The summed E-state index contributed by atoms with van der Waals surface area (Å²) in [6.45, 7) is 4.42. The molecule has 1 atom stereocenters. The molecular formula is C28H26N4O4. The van der Waals surface area contributed by atoms with Crippen LogP contribution < -0.4 is 10.2 Å². The number of hydrogen-bond acceptors (Lipinski definition) is 5. The van der Waals surface area contributed by atoms with Gasteiger partial charge in [-0.15, -0.1) is 0 Å². The first kappa shape index (κ1) is 23.3. The summed E-state index contributed by atoms with van der Waals surface area (Å²) in [7, 11) is 0. The number of esters is 1. The van der Waals surface area contributed by atoms with Crippen molar-refractivity contribution in [3.63, 3.8) is 0 Å². The number of imidazole rings is 1. The van der Waals surface area contributed by atoms with Gasteiger partial charge in [0.1, 0.15) is 6.04 Å². The lowest BCUT2D eigenvalue weighted by atomic mass is 10.1. The Morgan fingerprint density at radius 1 is 1.03 bits per heavy atom. The maximum atomic E-state index is 13.6. The summed E-state index contributed by atoms with van der Waals surface area (Å²) in [5.74, 6) is -0.351. The molecule has 8 nitrogen and oxygen atoms in total. The van der Waals surface area contributed by atoms with Gasteiger partial charge in [0.2, 0.25) is 11.9 Å². The van der Waals surface area contributed by atoms with Crippen LogP contribution in [-0.2, 0) is 20.9 Å². The highest BCUT2D eigenvalue weighted by Crippen LogP contribution is 2.37. The minimum Gasteiger partial charge on any atom is -0.462 e. The number of carbonyl (C=O) groups is 3. The SMILES string of the molecule is CCOC(=O)c1ccc(NC(=O)C[C@H]2C(=O)N(Cc3cccc(C)c3)c3nc4ccccc4n32)cc1. The van der Waals surface area contributed by atoms with Crippen molar-refractivity contribution >= 4 is 40.5 Å². The number of amides is 2. The molecule has 1 N–H and O–H groups in total. The van der Waals surface area contributed by atoms with E-state index < -0.39 is 12.0 Å². The molecule has 0 fully saturated rings. The van der Waals surface area contributed by atoms with E-state index in [-0.39, 0.29) is 18.2 Å². The number of nitrogens with one attached hydrogen (secondary N) is 1. The minimum atomic E-state index is -0.712. The summed E-state index contributed by atoms with van der Waals surface area (Å²) in [6.07, 6.45) is -0.0455. The van der Waals surface area contributed by atoms with Crippen LogP contribution in [0.25, 0.3) is 11.0 Å². The van der Waals surface area contributed by atoms with Gasteiger partial charge in [0.25, 0.3) is 5.91 Å². The third-order valence-electron chi connectivity index (χ3n) is 6.16. The predicted octanol–water partition coefficient (Wildman–Crippen LogP) is 4.64. The zero-order valence-electron chi connectivity index (χ0n) is 20.1. The van der Waals surface area contributed by atoms with Crippen molar-refractivity contribution in [1.82, 2.24) is 9.55 Å². The summed E-state index contributed by atoms with van der Waals surface area (Å²) in [6, 6.07) is 21.4. The molecule has 1 aliphatic rings. The maximum Gasteiger partial charge on any atom is 0.338 e. The molecule has 0 aliphatic carbocycles. The van der Waals surface area contributed by atoms with E-state index >= 15 is 0 Å². The number of fused-ring (bicyclic) bond motifs is 3. The largest absolute Gasteiger partial charge is 0.462 e. The Hall–Kier alpha value is -4.46. The quantitative estimate of drug-likeness (QED) is 0.388. The second kappa shape index (κ2) is 9.65. The van der Waals surface area contributed by atoms with E-state index in [1.54, 1.807) is 36.1 Å². The molecule has 8 heteroatoms. The highest BCUT2D eigenvalue weighted by atomic mass is 16.5. The molecule has 2 amide bonds. The summed E-state index contributed by atoms with van der Waals surface area (Å²) in [5.41, 5.74) is 4.62. The highest BCUT2D eigenvalue weighted by molar-refractivity contribution is 6.05. The van der Waals surface area contributed by atoms with E-state index in [9.17, 15) is 14.4 Å². The Balaban J connectivity index is 1.39. The van der Waals surface area contributed by atoms with Gasteiger partial charge in [-0.05, 0) is 55.8 Å². The molecule has 2 heterocycles. The molecule has 0 radical (unpaired) electrons. The summed E-state index contributed by atoms with van der Waals surface area (Å²) in [4.78, 5) is 44.8. The zero-order valence-corrected chi connectivity index (χ0v) is 20.1. The number of hydrogen-bond donors (Lipinski definition) is 1. The van der Waals surface area contributed by atoms with E-state index in [0.717, 1.165) is 22.2 Å². The zero-order chi connectivity index (χ0) is 25.2. The van der Waals surface area contributed by atoms with E-state index in [1.165, 1.54) is 0 Å². The van der Waals surface area contributed by atoms with Gasteiger partial charge in [-0.25, -0.2) is 9.78 Å². The van der Waals surface area contributed by atoms with Crippen molar-refractivity contribution in [2.45, 2.75) is 32.9 Å². The molecule has 36 heavy (non-hydrogen) atoms. The summed E-state index contributed by atoms with van der Waals surface area (Å²) < 4.78 is 6.85. The fourth-order valence-electron chi connectivity index (χ4n) is 4.53. The van der Waals surface area contributed by atoms with Gasteiger partial charge in [0.05, 0.1) is 36.2 Å². The number of ether oxygens (including phenoxy) is 1. The molecule has 0 spiro atoms. The fraction of sp³-hybridized carbons (Fsp3) is 0.214. The molecule has 1 aromatic heterocycles. The maximum absolute atomic E-state index is 13.6. The number of benzene rings is 3. The van der Waals surface area contributed by atoms with Crippen molar-refractivity contribution < 1.29 is 19.1 Å².